The summed E-state index contributed by atoms with van der Waals surface area (Å²) < 4.78 is 0. The maximum absolute atomic E-state index is 4.84. The minimum absolute atomic E-state index is 0.160. The van der Waals surface area contributed by atoms with E-state index in [0.717, 1.165) is 17.8 Å². The van der Waals surface area contributed by atoms with Gasteiger partial charge in [-0.1, -0.05) is 84.9 Å². The van der Waals surface area contributed by atoms with Crippen molar-refractivity contribution >= 4 is 12.1 Å². The van der Waals surface area contributed by atoms with Crippen LogP contribution >= 0.6 is 0 Å². The van der Waals surface area contributed by atoms with Crippen LogP contribution in [0.3, 0.4) is 0 Å². The van der Waals surface area contributed by atoms with E-state index in [2.05, 4.69) is 77.8 Å². The van der Waals surface area contributed by atoms with Gasteiger partial charge in [0.15, 0.2) is 5.84 Å². The van der Waals surface area contributed by atoms with Crippen LogP contribution in [0.15, 0.2) is 94.9 Å². The molecule has 3 aromatic rings. The molecule has 0 bridgehead atoms. The Bertz CT molecular complexity index is 863. The molecular formula is C22H18N2. The minimum atomic E-state index is 0.160. The fourth-order valence-electron chi connectivity index (χ4n) is 2.95. The summed E-state index contributed by atoms with van der Waals surface area (Å²) in [7, 11) is 0. The van der Waals surface area contributed by atoms with Gasteiger partial charge < -0.3 is 0 Å². The normalized spacial score (nSPS) is 16.7. The molecule has 4 rings (SSSR count). The smallest absolute Gasteiger partial charge is 0.154 e. The minimum Gasteiger partial charge on any atom is -0.258 e. The maximum Gasteiger partial charge on any atom is 0.154 e. The second-order valence-corrected chi connectivity index (χ2v) is 5.87. The molecule has 0 aliphatic carbocycles. The van der Waals surface area contributed by atoms with Gasteiger partial charge in [-0.05, 0) is 16.7 Å². The first kappa shape index (κ1) is 14.6. The molecule has 0 spiro atoms. The average Bonchev–Trinajstić information content (AvgIpc) is 2.70. The Kier molecular flexibility index (Phi) is 4.03. The van der Waals surface area contributed by atoms with E-state index in [4.69, 9.17) is 4.99 Å². The van der Waals surface area contributed by atoms with E-state index in [1.807, 2.05) is 18.3 Å². The van der Waals surface area contributed by atoms with Gasteiger partial charge in [0, 0.05) is 18.2 Å². The Labute approximate surface area is 142 Å². The summed E-state index contributed by atoms with van der Waals surface area (Å²) in [6, 6.07) is 29.4. The van der Waals surface area contributed by atoms with Crippen molar-refractivity contribution in [2.24, 2.45) is 9.98 Å². The van der Waals surface area contributed by atoms with Gasteiger partial charge in [0.2, 0.25) is 0 Å². The Morgan fingerprint density at radius 3 is 1.92 bits per heavy atom. The topological polar surface area (TPSA) is 24.7 Å². The molecule has 0 amide bonds. The third-order valence-corrected chi connectivity index (χ3v) is 4.25. The summed E-state index contributed by atoms with van der Waals surface area (Å²) >= 11 is 0. The molecule has 116 valence electrons. The number of rotatable bonds is 3. The molecule has 1 aliphatic heterocycles. The Morgan fingerprint density at radius 1 is 0.625 bits per heavy atom. The van der Waals surface area contributed by atoms with Crippen molar-refractivity contribution in [2.45, 2.75) is 12.5 Å². The molecule has 3 aromatic carbocycles. The fourth-order valence-corrected chi connectivity index (χ4v) is 2.95. The summed E-state index contributed by atoms with van der Waals surface area (Å²) in [6.07, 6.45) is 2.83. The first-order valence-electron chi connectivity index (χ1n) is 8.21. The third-order valence-electron chi connectivity index (χ3n) is 4.25. The molecule has 24 heavy (non-hydrogen) atoms. The largest absolute Gasteiger partial charge is 0.258 e. The van der Waals surface area contributed by atoms with Crippen molar-refractivity contribution in [2.75, 3.05) is 0 Å². The van der Waals surface area contributed by atoms with Crippen LogP contribution in [-0.4, -0.2) is 12.1 Å². The van der Waals surface area contributed by atoms with Gasteiger partial charge in [-0.25, -0.2) is 4.99 Å². The van der Waals surface area contributed by atoms with Gasteiger partial charge in [-0.2, -0.15) is 0 Å². The number of aliphatic imine (C=N–C) groups is 2. The number of hydrogen-bond acceptors (Lipinski definition) is 2. The second kappa shape index (κ2) is 6.63. The zero-order valence-electron chi connectivity index (χ0n) is 13.3. The molecular weight excluding hydrogens is 292 g/mol. The standard InChI is InChI=1S/C22H18N2/c1-3-7-17(8-4-1)18-11-13-20(14-12-18)22-23-16-15-21(24-22)19-9-5-2-6-10-19/h1-14,16,21H,15H2. The van der Waals surface area contributed by atoms with E-state index < -0.39 is 0 Å². The number of hydrogen-bond donors (Lipinski definition) is 0. The molecule has 0 radical (unpaired) electrons. The lowest BCUT2D eigenvalue weighted by atomic mass is 10.0. The van der Waals surface area contributed by atoms with E-state index in [1.54, 1.807) is 0 Å². The fraction of sp³-hybridized carbons (Fsp3) is 0.0909. The van der Waals surface area contributed by atoms with Gasteiger partial charge in [-0.15, -0.1) is 0 Å². The molecule has 0 saturated carbocycles. The van der Waals surface area contributed by atoms with Crippen LogP contribution in [-0.2, 0) is 0 Å². The van der Waals surface area contributed by atoms with Crippen LogP contribution in [0, 0.1) is 0 Å². The third kappa shape index (κ3) is 3.04. The van der Waals surface area contributed by atoms with Crippen LogP contribution in [0.25, 0.3) is 11.1 Å². The van der Waals surface area contributed by atoms with E-state index >= 15 is 0 Å². The first-order chi connectivity index (χ1) is 11.9. The zero-order chi connectivity index (χ0) is 16.2. The Morgan fingerprint density at radius 2 is 1.21 bits per heavy atom. The van der Waals surface area contributed by atoms with Crippen LogP contribution in [0.2, 0.25) is 0 Å². The molecule has 1 heterocycles. The van der Waals surface area contributed by atoms with Crippen molar-refractivity contribution in [3.63, 3.8) is 0 Å². The van der Waals surface area contributed by atoms with Gasteiger partial charge in [-0.3, -0.25) is 4.99 Å². The maximum atomic E-state index is 4.84. The molecule has 2 heteroatoms. The highest BCUT2D eigenvalue weighted by Crippen LogP contribution is 2.25. The lowest BCUT2D eigenvalue weighted by Crippen LogP contribution is -2.09. The Hall–Kier alpha value is -3.00. The summed E-state index contributed by atoms with van der Waals surface area (Å²) in [4.78, 5) is 9.35. The lowest BCUT2D eigenvalue weighted by Gasteiger charge is -2.16. The SMILES string of the molecule is C1=NC(c2ccc(-c3ccccc3)cc2)=NC(c2ccccc2)C1. The lowest BCUT2D eigenvalue weighted by molar-refractivity contribution is 0.762. The van der Waals surface area contributed by atoms with E-state index in [-0.39, 0.29) is 6.04 Å². The number of amidine groups is 1. The monoisotopic (exact) mass is 310 g/mol. The molecule has 0 saturated heterocycles. The van der Waals surface area contributed by atoms with E-state index in [9.17, 15) is 0 Å². The van der Waals surface area contributed by atoms with Crippen molar-refractivity contribution in [1.29, 1.82) is 0 Å². The highest BCUT2D eigenvalue weighted by molar-refractivity contribution is 6.04. The highest BCUT2D eigenvalue weighted by Gasteiger charge is 2.14. The molecule has 1 atom stereocenters. The average molecular weight is 310 g/mol. The number of nitrogens with zero attached hydrogens (tertiary/aromatic N) is 2. The molecule has 0 N–H and O–H groups in total. The zero-order valence-corrected chi connectivity index (χ0v) is 13.3. The van der Waals surface area contributed by atoms with Gasteiger partial charge in [0.1, 0.15) is 0 Å². The summed E-state index contributed by atoms with van der Waals surface area (Å²) in [5.74, 6) is 0.815. The predicted octanol–water partition coefficient (Wildman–Crippen LogP) is 5.32. The number of benzene rings is 3. The molecule has 0 fully saturated rings. The summed E-state index contributed by atoms with van der Waals surface area (Å²) in [5.41, 5.74) is 4.73. The quantitative estimate of drug-likeness (QED) is 0.626. The molecule has 2 nitrogen and oxygen atoms in total. The van der Waals surface area contributed by atoms with Crippen molar-refractivity contribution in [3.05, 3.63) is 96.1 Å². The molecule has 1 unspecified atom stereocenters. The highest BCUT2D eigenvalue weighted by atomic mass is 15.0. The van der Waals surface area contributed by atoms with Gasteiger partial charge in [0.25, 0.3) is 0 Å². The van der Waals surface area contributed by atoms with Crippen LogP contribution < -0.4 is 0 Å². The second-order valence-electron chi connectivity index (χ2n) is 5.87. The summed E-state index contributed by atoms with van der Waals surface area (Å²) in [6.45, 7) is 0. The summed E-state index contributed by atoms with van der Waals surface area (Å²) in [5, 5.41) is 0. The van der Waals surface area contributed by atoms with Crippen molar-refractivity contribution < 1.29 is 0 Å². The molecule has 0 aromatic heterocycles. The van der Waals surface area contributed by atoms with E-state index in [1.165, 1.54) is 16.7 Å². The van der Waals surface area contributed by atoms with Crippen LogP contribution in [0.5, 0.6) is 0 Å². The van der Waals surface area contributed by atoms with E-state index in [0.29, 0.717) is 0 Å². The van der Waals surface area contributed by atoms with Gasteiger partial charge in [0.05, 0.1) is 6.04 Å². The van der Waals surface area contributed by atoms with Gasteiger partial charge >= 0.3 is 0 Å². The van der Waals surface area contributed by atoms with Crippen LogP contribution in [0.4, 0.5) is 0 Å². The van der Waals surface area contributed by atoms with Crippen LogP contribution in [0.1, 0.15) is 23.6 Å². The Balaban J connectivity index is 1.61. The van der Waals surface area contributed by atoms with Crippen molar-refractivity contribution in [1.82, 2.24) is 0 Å². The molecule has 1 aliphatic rings. The predicted molar refractivity (Wildman–Crippen MR) is 101 cm³/mol. The van der Waals surface area contributed by atoms with Crippen molar-refractivity contribution in [3.8, 4) is 11.1 Å². The first-order valence-corrected chi connectivity index (χ1v) is 8.21.